The Morgan fingerprint density at radius 3 is 1.29 bits per heavy atom. The first-order valence-corrected chi connectivity index (χ1v) is 2.84. The monoisotopic (exact) mass is 230 g/mol. The molecule has 0 saturated carbocycles. The predicted octanol–water partition coefficient (Wildman–Crippen LogP) is 3.23. The first-order valence-electron chi connectivity index (χ1n) is 2.84. The minimum absolute atomic E-state index is 0.667. The Labute approximate surface area is 71.9 Å². The van der Waals surface area contributed by atoms with Crippen LogP contribution in [-0.2, 0) is 4.74 Å². The largest absolute Gasteiger partial charge is 0.453 e. The predicted molar refractivity (Wildman–Crippen MR) is 27.3 cm³/mol. The zero-order valence-electron chi connectivity index (χ0n) is 6.09. The average Bonchev–Trinajstić information content (AvgIpc) is 2.62. The topological polar surface area (TPSA) is 12.5 Å². The third-order valence-electron chi connectivity index (χ3n) is 0.763. The quantitative estimate of drug-likeness (QED) is 0.582. The molecule has 1 heterocycles. The smallest absolute Gasteiger partial charge is 0.452 e. The maximum atomic E-state index is 11.0. The summed E-state index contributed by atoms with van der Waals surface area (Å²) in [4.78, 5) is 0. The molecule has 0 aliphatic carbocycles. The van der Waals surface area contributed by atoms with Gasteiger partial charge in [0.1, 0.15) is 6.26 Å². The Hall–Kier alpha value is -1.02. The molecular weight excluding hydrogens is 228 g/mol. The summed E-state index contributed by atoms with van der Waals surface area (Å²) in [5.41, 5.74) is 0. The molecule has 0 aromatic heterocycles. The number of ether oxygens (including phenoxy) is 1. The van der Waals surface area contributed by atoms with E-state index in [-0.39, 0.29) is 0 Å². The lowest BCUT2D eigenvalue weighted by molar-refractivity contribution is -0.219. The second-order valence-electron chi connectivity index (χ2n) is 1.94. The van der Waals surface area contributed by atoms with Gasteiger partial charge in [-0.3, -0.25) is 0 Å². The Balaban J connectivity index is 0.000000241. The molecule has 0 atom stereocenters. The van der Waals surface area contributed by atoms with Crippen molar-refractivity contribution in [3.8, 4) is 0 Å². The minimum Gasteiger partial charge on any atom is -0.453 e. The molecule has 0 fully saturated rings. The van der Waals surface area contributed by atoms with Gasteiger partial charge in [0.2, 0.25) is 5.76 Å². The van der Waals surface area contributed by atoms with Gasteiger partial charge in [-0.15, -0.1) is 0 Å². The lowest BCUT2D eigenvalue weighted by atomic mass is 10.6. The van der Waals surface area contributed by atoms with Crippen molar-refractivity contribution in [3.63, 3.8) is 0 Å². The fourth-order valence-electron chi connectivity index (χ4n) is 0.163. The van der Waals surface area contributed by atoms with Gasteiger partial charge in [-0.2, -0.15) is 26.3 Å². The normalized spacial score (nSPS) is 15.4. The van der Waals surface area contributed by atoms with Crippen LogP contribution in [-0.4, -0.2) is 18.8 Å². The third kappa shape index (κ3) is 5.60. The average molecular weight is 230 g/mol. The molecule has 0 aromatic rings. The number of hydrogen-bond donors (Lipinski definition) is 0. The molecule has 0 amide bonds. The van der Waals surface area contributed by atoms with E-state index >= 15 is 0 Å². The van der Waals surface area contributed by atoms with Crippen LogP contribution in [0.5, 0.6) is 0 Å². The molecule has 9 heteroatoms. The Morgan fingerprint density at radius 1 is 1.00 bits per heavy atom. The van der Waals surface area contributed by atoms with Crippen LogP contribution in [0.4, 0.5) is 35.1 Å². The molecule has 0 unspecified atom stereocenters. The molecule has 0 saturated heterocycles. The van der Waals surface area contributed by atoms with E-state index in [1.54, 1.807) is 0 Å². The van der Waals surface area contributed by atoms with E-state index in [4.69, 9.17) is 0 Å². The van der Waals surface area contributed by atoms with Crippen molar-refractivity contribution >= 4 is 0 Å². The van der Waals surface area contributed by atoms with Crippen molar-refractivity contribution in [1.29, 1.82) is 0 Å². The highest BCUT2D eigenvalue weighted by Gasteiger charge is 2.42. The molecule has 1 aliphatic rings. The molecule has 0 radical (unpaired) electrons. The molecular formula is C5H2F8O. The van der Waals surface area contributed by atoms with Gasteiger partial charge < -0.3 is 4.74 Å². The van der Waals surface area contributed by atoms with Gasteiger partial charge in [0.05, 0.1) is 0 Å². The molecule has 0 spiro atoms. The van der Waals surface area contributed by atoms with Gasteiger partial charge in [-0.25, -0.2) is 8.78 Å². The molecule has 1 nitrogen and oxygen atoms in total. The van der Waals surface area contributed by atoms with Crippen LogP contribution in [0, 0.1) is 0 Å². The number of halogens is 8. The van der Waals surface area contributed by atoms with Crippen LogP contribution in [0.15, 0.2) is 12.0 Å². The van der Waals surface area contributed by atoms with Crippen molar-refractivity contribution in [1.82, 2.24) is 0 Å². The molecule has 84 valence electrons. The second-order valence-corrected chi connectivity index (χ2v) is 1.94. The molecule has 1 aliphatic heterocycles. The molecule has 0 N–H and O–H groups in total. The lowest BCUT2D eigenvalue weighted by Crippen LogP contribution is -2.18. The summed E-state index contributed by atoms with van der Waals surface area (Å²) in [6, 6.07) is 0. The lowest BCUT2D eigenvalue weighted by Gasteiger charge is -2.00. The maximum Gasteiger partial charge on any atom is 0.452 e. The van der Waals surface area contributed by atoms with E-state index in [2.05, 4.69) is 4.74 Å². The van der Waals surface area contributed by atoms with Crippen LogP contribution in [0.2, 0.25) is 0 Å². The van der Waals surface area contributed by atoms with Crippen LogP contribution in [0.1, 0.15) is 0 Å². The molecule has 1 rings (SSSR count). The minimum atomic E-state index is -5.33. The molecule has 0 bridgehead atoms. The number of allylic oxidation sites excluding steroid dienone is 1. The van der Waals surface area contributed by atoms with Crippen molar-refractivity contribution in [2.45, 2.75) is 18.8 Å². The summed E-state index contributed by atoms with van der Waals surface area (Å²) in [6.07, 6.45) is -13.1. The van der Waals surface area contributed by atoms with Crippen LogP contribution >= 0.6 is 0 Å². The van der Waals surface area contributed by atoms with Gasteiger partial charge in [0.15, 0.2) is 0 Å². The van der Waals surface area contributed by atoms with Gasteiger partial charge in [0.25, 0.3) is 0 Å². The number of hydrogen-bond acceptors (Lipinski definition) is 1. The Morgan fingerprint density at radius 2 is 1.29 bits per heavy atom. The van der Waals surface area contributed by atoms with Crippen LogP contribution in [0.25, 0.3) is 0 Å². The van der Waals surface area contributed by atoms with Crippen LogP contribution in [0.3, 0.4) is 0 Å². The van der Waals surface area contributed by atoms with E-state index in [9.17, 15) is 35.1 Å². The zero-order valence-corrected chi connectivity index (χ0v) is 6.09. The van der Waals surface area contributed by atoms with Gasteiger partial charge in [-0.05, 0) is 0 Å². The third-order valence-corrected chi connectivity index (χ3v) is 0.763. The fourth-order valence-corrected chi connectivity index (χ4v) is 0.163. The van der Waals surface area contributed by atoms with Crippen molar-refractivity contribution in [2.75, 3.05) is 0 Å². The first kappa shape index (κ1) is 13.0. The van der Waals surface area contributed by atoms with E-state index in [0.29, 0.717) is 6.26 Å². The van der Waals surface area contributed by atoms with Crippen molar-refractivity contribution in [3.05, 3.63) is 12.0 Å². The highest BCUT2D eigenvalue weighted by atomic mass is 19.4. The van der Waals surface area contributed by atoms with Gasteiger partial charge >= 0.3 is 18.8 Å². The van der Waals surface area contributed by atoms with Crippen LogP contribution < -0.4 is 0 Å². The number of alkyl halides is 8. The Bertz CT molecular complexity index is 211. The van der Waals surface area contributed by atoms with Gasteiger partial charge in [-0.1, -0.05) is 0 Å². The maximum absolute atomic E-state index is 11.0. The van der Waals surface area contributed by atoms with Crippen molar-refractivity contribution < 1.29 is 39.9 Å². The Kier molecular flexibility index (Phi) is 3.72. The summed E-state index contributed by atoms with van der Waals surface area (Å²) in [5.74, 6) is -0.882. The van der Waals surface area contributed by atoms with Crippen molar-refractivity contribution in [2.24, 2.45) is 0 Å². The molecule has 14 heavy (non-hydrogen) atoms. The SMILES string of the molecule is FC(F)(F)C1=CO1.FC(F)C(F)(F)F. The highest BCUT2D eigenvalue weighted by Crippen LogP contribution is 2.33. The summed E-state index contributed by atoms with van der Waals surface area (Å²) >= 11 is 0. The summed E-state index contributed by atoms with van der Waals surface area (Å²) in [7, 11) is 0. The first-order chi connectivity index (χ1) is 6.05. The summed E-state index contributed by atoms with van der Waals surface area (Å²) in [6.45, 7) is 0. The van der Waals surface area contributed by atoms with E-state index in [0.717, 1.165) is 0 Å². The standard InChI is InChI=1S/C3HF3O.C2HF5/c4-3(5,6)2-1-7-2;3-1(4)2(5,6)7/h2*1H. The second kappa shape index (κ2) is 4.01. The number of rotatable bonds is 0. The fraction of sp³-hybridized carbons (Fsp3) is 0.600. The molecule has 0 aromatic carbocycles. The zero-order chi connectivity index (χ0) is 11.6. The highest BCUT2D eigenvalue weighted by molar-refractivity contribution is 5.08. The summed E-state index contributed by atoms with van der Waals surface area (Å²) in [5, 5.41) is 0. The summed E-state index contributed by atoms with van der Waals surface area (Å²) < 4.78 is 89.0. The van der Waals surface area contributed by atoms with Gasteiger partial charge in [0, 0.05) is 0 Å². The van der Waals surface area contributed by atoms with E-state index in [1.165, 1.54) is 0 Å². The van der Waals surface area contributed by atoms with E-state index in [1.807, 2.05) is 0 Å². The van der Waals surface area contributed by atoms with E-state index < -0.39 is 24.5 Å².